The molecule has 6 heteroatoms. The van der Waals surface area contributed by atoms with E-state index in [1.807, 2.05) is 0 Å². The van der Waals surface area contributed by atoms with Crippen molar-refractivity contribution in [2.45, 2.75) is 0 Å². The van der Waals surface area contributed by atoms with Gasteiger partial charge in [0, 0.05) is 5.56 Å². The van der Waals surface area contributed by atoms with E-state index in [0.29, 0.717) is 22.4 Å². The van der Waals surface area contributed by atoms with Gasteiger partial charge < -0.3 is 5.11 Å². The number of aldehydes is 1. The molecular weight excluding hydrogens is 216 g/mol. The van der Waals surface area contributed by atoms with Gasteiger partial charge in [-0.3, -0.25) is 9.89 Å². The Bertz CT molecular complexity index is 515. The molecule has 5 nitrogen and oxygen atoms in total. The Morgan fingerprint density at radius 2 is 2.40 bits per heavy atom. The van der Waals surface area contributed by atoms with Crippen molar-refractivity contribution >= 4 is 23.6 Å². The van der Waals surface area contributed by atoms with Gasteiger partial charge in [-0.2, -0.15) is 5.10 Å². The van der Waals surface area contributed by atoms with Crippen LogP contribution in [-0.2, 0) is 0 Å². The predicted octanol–water partition coefficient (Wildman–Crippen LogP) is 1.65. The first-order chi connectivity index (χ1) is 7.24. The van der Waals surface area contributed by atoms with Crippen LogP contribution in [0.1, 0.15) is 20.8 Å². The zero-order valence-electron chi connectivity index (χ0n) is 7.43. The number of rotatable bonds is 3. The zero-order chi connectivity index (χ0) is 10.8. The summed E-state index contributed by atoms with van der Waals surface area (Å²) in [4.78, 5) is 22.1. The highest BCUT2D eigenvalue weighted by Gasteiger charge is 2.16. The summed E-state index contributed by atoms with van der Waals surface area (Å²) >= 11 is 1.27. The summed E-state index contributed by atoms with van der Waals surface area (Å²) in [7, 11) is 0. The SMILES string of the molecule is O=Cc1[nH]ncc1-c1sccc1C(=O)O. The van der Waals surface area contributed by atoms with Crippen molar-refractivity contribution in [2.75, 3.05) is 0 Å². The van der Waals surface area contributed by atoms with Crippen LogP contribution < -0.4 is 0 Å². The standard InChI is InChI=1S/C9H6N2O3S/c12-4-7-6(3-10-11-7)8-5(9(13)14)1-2-15-8/h1-4H,(H,10,11)(H,13,14). The summed E-state index contributed by atoms with van der Waals surface area (Å²) in [6.45, 7) is 0. The quantitative estimate of drug-likeness (QED) is 0.773. The Hall–Kier alpha value is -1.95. The van der Waals surface area contributed by atoms with E-state index in [1.165, 1.54) is 23.6 Å². The van der Waals surface area contributed by atoms with E-state index >= 15 is 0 Å². The van der Waals surface area contributed by atoms with Crippen LogP contribution in [0.15, 0.2) is 17.6 Å². The molecule has 0 aliphatic heterocycles. The number of aromatic amines is 1. The molecule has 0 saturated carbocycles. The third-order valence-corrected chi connectivity index (χ3v) is 2.87. The van der Waals surface area contributed by atoms with Crippen molar-refractivity contribution in [3.8, 4) is 10.4 Å². The average molecular weight is 222 g/mol. The van der Waals surface area contributed by atoms with Crippen LogP contribution in [0.5, 0.6) is 0 Å². The van der Waals surface area contributed by atoms with Crippen LogP contribution in [0, 0.1) is 0 Å². The molecule has 0 radical (unpaired) electrons. The van der Waals surface area contributed by atoms with Crippen LogP contribution in [0.3, 0.4) is 0 Å². The number of hydrogen-bond donors (Lipinski definition) is 2. The van der Waals surface area contributed by atoms with Gasteiger partial charge in [-0.1, -0.05) is 0 Å². The monoisotopic (exact) mass is 222 g/mol. The Balaban J connectivity index is 2.58. The number of nitrogens with one attached hydrogen (secondary N) is 1. The fourth-order valence-electron chi connectivity index (χ4n) is 1.25. The van der Waals surface area contributed by atoms with Gasteiger partial charge in [-0.15, -0.1) is 11.3 Å². The average Bonchev–Trinajstić information content (AvgIpc) is 2.85. The van der Waals surface area contributed by atoms with Crippen LogP contribution in [0.25, 0.3) is 10.4 Å². The molecule has 2 heterocycles. The number of aromatic nitrogens is 2. The Morgan fingerprint density at radius 1 is 1.60 bits per heavy atom. The highest BCUT2D eigenvalue weighted by atomic mass is 32.1. The summed E-state index contributed by atoms with van der Waals surface area (Å²) in [5.74, 6) is -1.01. The van der Waals surface area contributed by atoms with Gasteiger partial charge in [-0.05, 0) is 11.4 Å². The second-order valence-electron chi connectivity index (χ2n) is 2.78. The predicted molar refractivity (Wildman–Crippen MR) is 54.2 cm³/mol. The van der Waals surface area contributed by atoms with Crippen LogP contribution in [0.2, 0.25) is 0 Å². The van der Waals surface area contributed by atoms with Crippen molar-refractivity contribution in [1.82, 2.24) is 10.2 Å². The van der Waals surface area contributed by atoms with Gasteiger partial charge >= 0.3 is 5.97 Å². The maximum Gasteiger partial charge on any atom is 0.337 e. The molecule has 0 atom stereocenters. The molecule has 0 aromatic carbocycles. The van der Waals surface area contributed by atoms with E-state index in [2.05, 4.69) is 10.2 Å². The lowest BCUT2D eigenvalue weighted by Gasteiger charge is -1.96. The Labute approximate surface area is 88.4 Å². The molecule has 2 aromatic heterocycles. The molecule has 0 amide bonds. The second kappa shape index (κ2) is 3.66. The van der Waals surface area contributed by atoms with Gasteiger partial charge in [0.25, 0.3) is 0 Å². The molecule has 0 unspecified atom stereocenters. The first kappa shape index (κ1) is 9.60. The van der Waals surface area contributed by atoms with Gasteiger partial charge in [-0.25, -0.2) is 4.79 Å². The van der Waals surface area contributed by atoms with Gasteiger partial charge in [0.15, 0.2) is 6.29 Å². The maximum absolute atomic E-state index is 10.9. The van der Waals surface area contributed by atoms with Gasteiger partial charge in [0.05, 0.1) is 16.6 Å². The molecule has 2 aromatic rings. The highest BCUT2D eigenvalue weighted by molar-refractivity contribution is 7.14. The summed E-state index contributed by atoms with van der Waals surface area (Å²) < 4.78 is 0. The van der Waals surface area contributed by atoms with Crippen molar-refractivity contribution in [2.24, 2.45) is 0 Å². The van der Waals surface area contributed by atoms with Crippen molar-refractivity contribution in [1.29, 1.82) is 0 Å². The first-order valence-corrected chi connectivity index (χ1v) is 4.91. The fourth-order valence-corrected chi connectivity index (χ4v) is 2.17. The van der Waals surface area contributed by atoms with E-state index < -0.39 is 5.97 Å². The van der Waals surface area contributed by atoms with Gasteiger partial charge in [0.2, 0.25) is 0 Å². The third-order valence-electron chi connectivity index (χ3n) is 1.93. The molecule has 76 valence electrons. The summed E-state index contributed by atoms with van der Waals surface area (Å²) in [6, 6.07) is 1.50. The van der Waals surface area contributed by atoms with Crippen molar-refractivity contribution in [3.63, 3.8) is 0 Å². The largest absolute Gasteiger partial charge is 0.478 e. The molecule has 2 N–H and O–H groups in total. The normalized spacial score (nSPS) is 10.1. The number of H-pyrrole nitrogens is 1. The summed E-state index contributed by atoms with van der Waals surface area (Å²) in [6.07, 6.45) is 2.07. The first-order valence-electron chi connectivity index (χ1n) is 4.03. The number of carbonyl (C=O) groups is 2. The van der Waals surface area contributed by atoms with Crippen LogP contribution in [0.4, 0.5) is 0 Å². The molecule has 2 rings (SSSR count). The van der Waals surface area contributed by atoms with Crippen molar-refractivity contribution < 1.29 is 14.7 Å². The number of hydrogen-bond acceptors (Lipinski definition) is 4. The molecular formula is C9H6N2O3S. The Kier molecular flexibility index (Phi) is 2.34. The van der Waals surface area contributed by atoms with Gasteiger partial charge in [0.1, 0.15) is 5.69 Å². The lowest BCUT2D eigenvalue weighted by molar-refractivity contribution is 0.0698. The number of carboxylic acids is 1. The van der Waals surface area contributed by atoms with Crippen LogP contribution in [-0.4, -0.2) is 27.6 Å². The maximum atomic E-state index is 10.9. The topological polar surface area (TPSA) is 83.0 Å². The van der Waals surface area contributed by atoms with Crippen LogP contribution >= 0.6 is 11.3 Å². The molecule has 0 spiro atoms. The van der Waals surface area contributed by atoms with E-state index in [1.54, 1.807) is 5.38 Å². The van der Waals surface area contributed by atoms with E-state index in [-0.39, 0.29) is 5.56 Å². The minimum atomic E-state index is -1.01. The van der Waals surface area contributed by atoms with E-state index in [9.17, 15) is 9.59 Å². The molecule has 0 aliphatic carbocycles. The molecule has 0 aliphatic rings. The number of carbonyl (C=O) groups excluding carboxylic acids is 1. The molecule has 15 heavy (non-hydrogen) atoms. The number of aromatic carboxylic acids is 1. The highest BCUT2D eigenvalue weighted by Crippen LogP contribution is 2.30. The Morgan fingerprint density at radius 3 is 3.07 bits per heavy atom. The zero-order valence-corrected chi connectivity index (χ0v) is 8.25. The lowest BCUT2D eigenvalue weighted by Crippen LogP contribution is -1.96. The van der Waals surface area contributed by atoms with E-state index in [0.717, 1.165) is 0 Å². The third kappa shape index (κ3) is 1.55. The lowest BCUT2D eigenvalue weighted by atomic mass is 10.1. The number of nitrogens with zero attached hydrogens (tertiary/aromatic N) is 1. The summed E-state index contributed by atoms with van der Waals surface area (Å²) in [5.41, 5.74) is 1.00. The van der Waals surface area contributed by atoms with Crippen molar-refractivity contribution in [3.05, 3.63) is 28.9 Å². The van der Waals surface area contributed by atoms with E-state index in [4.69, 9.17) is 5.11 Å². The number of carboxylic acid groups (broad SMARTS) is 1. The molecule has 0 saturated heterocycles. The smallest absolute Gasteiger partial charge is 0.337 e. The minimum Gasteiger partial charge on any atom is -0.478 e. The second-order valence-corrected chi connectivity index (χ2v) is 3.70. The molecule has 0 fully saturated rings. The number of thiophene rings is 1. The molecule has 0 bridgehead atoms. The fraction of sp³-hybridized carbons (Fsp3) is 0. The minimum absolute atomic E-state index is 0.185. The summed E-state index contributed by atoms with van der Waals surface area (Å²) in [5, 5.41) is 16.8.